The second-order valence-corrected chi connectivity index (χ2v) is 6.08. The van der Waals surface area contributed by atoms with Crippen molar-refractivity contribution in [1.29, 1.82) is 0 Å². The molecule has 1 aliphatic heterocycles. The fourth-order valence-electron chi connectivity index (χ4n) is 3.72. The van der Waals surface area contributed by atoms with E-state index in [-0.39, 0.29) is 17.6 Å². The SMILES string of the molecule is O=C(O)C1C2CCCC2CN1C(=O)COc1cc(F)cc(F)c1. The van der Waals surface area contributed by atoms with Crippen molar-refractivity contribution in [3.8, 4) is 5.75 Å². The van der Waals surface area contributed by atoms with Crippen molar-refractivity contribution in [2.24, 2.45) is 11.8 Å². The molecule has 3 unspecified atom stereocenters. The number of carboxylic acid groups (broad SMARTS) is 1. The minimum atomic E-state index is -1.01. The smallest absolute Gasteiger partial charge is 0.326 e. The highest BCUT2D eigenvalue weighted by Gasteiger charge is 2.49. The lowest BCUT2D eigenvalue weighted by molar-refractivity contribution is -0.150. The van der Waals surface area contributed by atoms with Gasteiger partial charge in [-0.15, -0.1) is 0 Å². The van der Waals surface area contributed by atoms with E-state index in [4.69, 9.17) is 4.74 Å². The number of hydrogen-bond donors (Lipinski definition) is 1. The van der Waals surface area contributed by atoms with Gasteiger partial charge in [0.05, 0.1) is 0 Å². The molecule has 0 aromatic heterocycles. The monoisotopic (exact) mass is 325 g/mol. The van der Waals surface area contributed by atoms with Crippen LogP contribution in [0.1, 0.15) is 19.3 Å². The Bertz CT molecular complexity index is 616. The van der Waals surface area contributed by atoms with E-state index in [0.717, 1.165) is 31.4 Å². The Balaban J connectivity index is 1.66. The van der Waals surface area contributed by atoms with Gasteiger partial charge in [0.15, 0.2) is 6.61 Å². The van der Waals surface area contributed by atoms with E-state index in [1.54, 1.807) is 0 Å². The third-order valence-electron chi connectivity index (χ3n) is 4.66. The van der Waals surface area contributed by atoms with Crippen molar-refractivity contribution in [2.75, 3.05) is 13.2 Å². The molecule has 1 aromatic rings. The minimum Gasteiger partial charge on any atom is -0.484 e. The number of fused-ring (bicyclic) bond motifs is 1. The van der Waals surface area contributed by atoms with Gasteiger partial charge in [0.25, 0.3) is 5.91 Å². The summed E-state index contributed by atoms with van der Waals surface area (Å²) in [5.74, 6) is -2.98. The van der Waals surface area contributed by atoms with Crippen molar-refractivity contribution >= 4 is 11.9 Å². The zero-order valence-electron chi connectivity index (χ0n) is 12.4. The molecular weight excluding hydrogens is 308 g/mol. The van der Waals surface area contributed by atoms with Gasteiger partial charge in [-0.25, -0.2) is 13.6 Å². The molecule has 124 valence electrons. The molecule has 3 atom stereocenters. The van der Waals surface area contributed by atoms with Crippen LogP contribution in [0.2, 0.25) is 0 Å². The van der Waals surface area contributed by atoms with Crippen LogP contribution in [0.5, 0.6) is 5.75 Å². The van der Waals surface area contributed by atoms with Crippen molar-refractivity contribution in [2.45, 2.75) is 25.3 Å². The Morgan fingerprint density at radius 1 is 1.22 bits per heavy atom. The summed E-state index contributed by atoms with van der Waals surface area (Å²) in [4.78, 5) is 25.1. The normalized spacial score (nSPS) is 26.2. The van der Waals surface area contributed by atoms with Crippen LogP contribution >= 0.6 is 0 Å². The Morgan fingerprint density at radius 3 is 2.57 bits per heavy atom. The number of carboxylic acids is 1. The number of amides is 1. The predicted octanol–water partition coefficient (Wildman–Crippen LogP) is 2.06. The maximum atomic E-state index is 13.1. The maximum absolute atomic E-state index is 13.1. The van der Waals surface area contributed by atoms with Gasteiger partial charge in [-0.3, -0.25) is 4.79 Å². The molecule has 1 aliphatic carbocycles. The average molecular weight is 325 g/mol. The molecule has 7 heteroatoms. The largest absolute Gasteiger partial charge is 0.484 e. The van der Waals surface area contributed by atoms with E-state index >= 15 is 0 Å². The summed E-state index contributed by atoms with van der Waals surface area (Å²) in [5.41, 5.74) is 0. The third-order valence-corrected chi connectivity index (χ3v) is 4.66. The lowest BCUT2D eigenvalue weighted by Gasteiger charge is -2.24. The highest BCUT2D eigenvalue weighted by atomic mass is 19.1. The second kappa shape index (κ2) is 6.14. The van der Waals surface area contributed by atoms with Crippen molar-refractivity contribution in [3.05, 3.63) is 29.8 Å². The number of nitrogens with zero attached hydrogens (tertiary/aromatic N) is 1. The lowest BCUT2D eigenvalue weighted by Crippen LogP contribution is -2.45. The molecular formula is C16H17F2NO4. The topological polar surface area (TPSA) is 66.8 Å². The molecule has 1 aromatic carbocycles. The van der Waals surface area contributed by atoms with Crippen LogP contribution in [0.15, 0.2) is 18.2 Å². The third kappa shape index (κ3) is 3.13. The van der Waals surface area contributed by atoms with Crippen LogP contribution in [0.4, 0.5) is 8.78 Å². The molecule has 1 saturated carbocycles. The molecule has 23 heavy (non-hydrogen) atoms. The van der Waals surface area contributed by atoms with Gasteiger partial charge in [0.1, 0.15) is 23.4 Å². The van der Waals surface area contributed by atoms with Crippen LogP contribution in [-0.4, -0.2) is 41.1 Å². The first-order valence-corrected chi connectivity index (χ1v) is 7.57. The molecule has 5 nitrogen and oxygen atoms in total. The molecule has 1 N–H and O–H groups in total. The summed E-state index contributed by atoms with van der Waals surface area (Å²) < 4.78 is 31.3. The van der Waals surface area contributed by atoms with E-state index in [2.05, 4.69) is 0 Å². The van der Waals surface area contributed by atoms with E-state index < -0.39 is 36.2 Å². The highest BCUT2D eigenvalue weighted by Crippen LogP contribution is 2.42. The molecule has 1 amide bonds. The lowest BCUT2D eigenvalue weighted by atomic mass is 9.94. The van der Waals surface area contributed by atoms with Crippen molar-refractivity contribution < 1.29 is 28.2 Å². The summed E-state index contributed by atoms with van der Waals surface area (Å²) in [6.07, 6.45) is 2.72. The number of aliphatic carboxylic acids is 1. The molecule has 0 bridgehead atoms. The minimum absolute atomic E-state index is 0.0111. The first-order valence-electron chi connectivity index (χ1n) is 7.57. The average Bonchev–Trinajstić information content (AvgIpc) is 3.03. The number of likely N-dealkylation sites (tertiary alicyclic amines) is 1. The molecule has 1 saturated heterocycles. The van der Waals surface area contributed by atoms with Crippen LogP contribution < -0.4 is 4.74 Å². The summed E-state index contributed by atoms with van der Waals surface area (Å²) in [6.45, 7) is -0.0343. The standard InChI is InChI=1S/C16H17F2NO4/c17-10-4-11(18)6-12(5-10)23-8-14(20)19-7-9-2-1-3-13(9)15(19)16(21)22/h4-6,9,13,15H,1-3,7-8H2,(H,21,22). The zero-order chi connectivity index (χ0) is 16.6. The van der Waals surface area contributed by atoms with Crippen molar-refractivity contribution in [1.82, 2.24) is 4.90 Å². The molecule has 0 radical (unpaired) electrons. The molecule has 0 spiro atoms. The predicted molar refractivity (Wildman–Crippen MR) is 75.8 cm³/mol. The number of halogens is 2. The maximum Gasteiger partial charge on any atom is 0.326 e. The van der Waals surface area contributed by atoms with E-state index in [1.807, 2.05) is 0 Å². The number of carbonyl (C=O) groups is 2. The van der Waals surface area contributed by atoms with Crippen LogP contribution in [-0.2, 0) is 9.59 Å². The van der Waals surface area contributed by atoms with E-state index in [1.165, 1.54) is 4.90 Å². The molecule has 2 fully saturated rings. The molecule has 3 rings (SSSR count). The number of ether oxygens (including phenoxy) is 1. The summed E-state index contributed by atoms with van der Waals surface area (Å²) in [6, 6.07) is 1.83. The first-order chi connectivity index (χ1) is 11.0. The fourth-order valence-corrected chi connectivity index (χ4v) is 3.72. The van der Waals surface area contributed by atoms with Gasteiger partial charge in [0.2, 0.25) is 0 Å². The number of hydrogen-bond acceptors (Lipinski definition) is 3. The van der Waals surface area contributed by atoms with E-state index in [9.17, 15) is 23.5 Å². The van der Waals surface area contributed by atoms with Gasteiger partial charge >= 0.3 is 5.97 Å². The fraction of sp³-hybridized carbons (Fsp3) is 0.500. The summed E-state index contributed by atoms with van der Waals surface area (Å²) in [5, 5.41) is 9.40. The summed E-state index contributed by atoms with van der Waals surface area (Å²) in [7, 11) is 0. The van der Waals surface area contributed by atoms with Crippen LogP contribution in [0.25, 0.3) is 0 Å². The molecule has 1 heterocycles. The Hall–Kier alpha value is -2.18. The number of benzene rings is 1. The number of rotatable bonds is 4. The first kappa shape index (κ1) is 15.7. The van der Waals surface area contributed by atoms with Gasteiger partial charge in [-0.1, -0.05) is 6.42 Å². The second-order valence-electron chi connectivity index (χ2n) is 6.08. The van der Waals surface area contributed by atoms with Gasteiger partial charge in [-0.05, 0) is 24.7 Å². The van der Waals surface area contributed by atoms with Crippen LogP contribution in [0.3, 0.4) is 0 Å². The Morgan fingerprint density at radius 2 is 1.91 bits per heavy atom. The molecule has 2 aliphatic rings. The van der Waals surface area contributed by atoms with Gasteiger partial charge < -0.3 is 14.7 Å². The summed E-state index contributed by atoms with van der Waals surface area (Å²) >= 11 is 0. The van der Waals surface area contributed by atoms with Gasteiger partial charge in [0, 0.05) is 24.7 Å². The quantitative estimate of drug-likeness (QED) is 0.920. The number of carbonyl (C=O) groups excluding carboxylic acids is 1. The van der Waals surface area contributed by atoms with E-state index in [0.29, 0.717) is 12.6 Å². The Labute approximate surface area is 131 Å². The van der Waals surface area contributed by atoms with Gasteiger partial charge in [-0.2, -0.15) is 0 Å². The Kier molecular flexibility index (Phi) is 4.19. The zero-order valence-corrected chi connectivity index (χ0v) is 12.4. The van der Waals surface area contributed by atoms with Crippen molar-refractivity contribution in [3.63, 3.8) is 0 Å². The highest BCUT2D eigenvalue weighted by molar-refractivity contribution is 5.85. The van der Waals surface area contributed by atoms with Crippen LogP contribution in [0, 0.1) is 23.5 Å².